The molecule has 0 radical (unpaired) electrons. The molecule has 0 saturated heterocycles. The van der Waals surface area contributed by atoms with Crippen LogP contribution in [0.4, 0.5) is 27.8 Å². The largest absolute Gasteiger partial charge is 0.489 e. The van der Waals surface area contributed by atoms with Gasteiger partial charge in [0, 0.05) is 4.90 Å². The zero-order valence-electron chi connectivity index (χ0n) is 14.9. The van der Waals surface area contributed by atoms with Crippen molar-refractivity contribution in [2.24, 2.45) is 0 Å². The highest BCUT2D eigenvalue weighted by molar-refractivity contribution is 7.99. The highest BCUT2D eigenvalue weighted by Gasteiger charge is 2.27. The molecule has 1 atom stereocenters. The number of nitrogens with one attached hydrogen (secondary N) is 1. The number of halogens is 6. The predicted octanol–water partition coefficient (Wildman–Crippen LogP) is 5.75. The lowest BCUT2D eigenvalue weighted by atomic mass is 10.2. The quantitative estimate of drug-likeness (QED) is 0.321. The molecule has 4 nitrogen and oxygen atoms in total. The maximum absolute atomic E-state index is 14.0. The van der Waals surface area contributed by atoms with Crippen molar-refractivity contribution in [3.8, 4) is 5.75 Å². The Kier molecular flexibility index (Phi) is 7.70. The van der Waals surface area contributed by atoms with Crippen LogP contribution in [0.3, 0.4) is 0 Å². The molecule has 0 amide bonds. The monoisotopic (exact) mass is 441 g/mol. The second-order valence-electron chi connectivity index (χ2n) is 5.76. The van der Waals surface area contributed by atoms with Gasteiger partial charge in [0.05, 0.1) is 18.0 Å². The van der Waals surface area contributed by atoms with Gasteiger partial charge in [0.25, 0.3) is 0 Å². The molecule has 0 bridgehead atoms. The van der Waals surface area contributed by atoms with Crippen LogP contribution in [-0.4, -0.2) is 35.0 Å². The van der Waals surface area contributed by atoms with Gasteiger partial charge in [-0.1, -0.05) is 11.6 Å². The number of anilines is 1. The lowest BCUT2D eigenvalue weighted by Crippen LogP contribution is -2.14. The minimum Gasteiger partial charge on any atom is -0.489 e. The smallest absolute Gasteiger partial charge is 0.398 e. The number of aromatic nitrogens is 2. The summed E-state index contributed by atoms with van der Waals surface area (Å²) >= 11 is 6.57. The molecule has 1 unspecified atom stereocenters. The van der Waals surface area contributed by atoms with E-state index in [0.29, 0.717) is 17.3 Å². The van der Waals surface area contributed by atoms with Crippen molar-refractivity contribution in [1.29, 1.82) is 0 Å². The van der Waals surface area contributed by atoms with Gasteiger partial charge in [-0.15, -0.1) is 11.8 Å². The fourth-order valence-electron chi connectivity index (χ4n) is 2.17. The molecule has 11 heteroatoms. The van der Waals surface area contributed by atoms with Gasteiger partial charge in [0.15, 0.2) is 11.6 Å². The Morgan fingerprint density at radius 2 is 2.00 bits per heavy atom. The number of ether oxygens (including phenoxy) is 1. The molecule has 1 heterocycles. The predicted molar refractivity (Wildman–Crippen MR) is 98.5 cm³/mol. The van der Waals surface area contributed by atoms with Crippen molar-refractivity contribution in [3.63, 3.8) is 0 Å². The third-order valence-corrected chi connectivity index (χ3v) is 5.06. The van der Waals surface area contributed by atoms with Gasteiger partial charge in [0.2, 0.25) is 0 Å². The number of alkyl halides is 4. The van der Waals surface area contributed by atoms with E-state index < -0.39 is 23.9 Å². The first-order valence-corrected chi connectivity index (χ1v) is 9.45. The Hall–Kier alpha value is -1.81. The van der Waals surface area contributed by atoms with Crippen LogP contribution in [0.5, 0.6) is 5.75 Å². The molecule has 1 aromatic carbocycles. The van der Waals surface area contributed by atoms with Gasteiger partial charge >= 0.3 is 6.18 Å². The van der Waals surface area contributed by atoms with E-state index in [9.17, 15) is 22.0 Å². The number of nitrogens with zero attached hydrogens (tertiary/aromatic N) is 2. The fourth-order valence-corrected chi connectivity index (χ4v) is 3.29. The van der Waals surface area contributed by atoms with Gasteiger partial charge < -0.3 is 10.1 Å². The first kappa shape index (κ1) is 22.5. The lowest BCUT2D eigenvalue weighted by molar-refractivity contribution is -0.105. The fraction of sp³-hybridized carbons (Fsp3) is 0.412. The van der Waals surface area contributed by atoms with Gasteiger partial charge in [-0.05, 0) is 31.5 Å². The van der Waals surface area contributed by atoms with Crippen LogP contribution in [0.15, 0.2) is 23.4 Å². The van der Waals surface area contributed by atoms with E-state index in [4.69, 9.17) is 16.3 Å². The molecule has 2 rings (SSSR count). The van der Waals surface area contributed by atoms with Crippen molar-refractivity contribution in [2.75, 3.05) is 24.2 Å². The standard InChI is InChI=1S/C17H17ClF5N3OS/c1-9-5-11(20)12(6-13(9)28-7-17(21,22)23)27-4-3-24-16-14(18)15(10(2)19)25-8-26-16/h5-6,8,10H,3-4,7H2,1-2H3,(H,24,25,26). The third-order valence-electron chi connectivity index (χ3n) is 3.47. The van der Waals surface area contributed by atoms with E-state index in [1.807, 2.05) is 0 Å². The van der Waals surface area contributed by atoms with Gasteiger partial charge in [-0.25, -0.2) is 18.7 Å². The maximum Gasteiger partial charge on any atom is 0.398 e. The molecule has 0 aliphatic rings. The molecule has 0 aliphatic heterocycles. The SMILES string of the molecule is Cc1cc(F)c(OCCNc2ncnc(C(C)F)c2Cl)cc1SCC(F)(F)F. The summed E-state index contributed by atoms with van der Waals surface area (Å²) in [7, 11) is 0. The summed E-state index contributed by atoms with van der Waals surface area (Å²) in [6, 6.07) is 2.36. The third kappa shape index (κ3) is 6.37. The molecular formula is C17H17ClF5N3OS. The number of hydrogen-bond acceptors (Lipinski definition) is 5. The second kappa shape index (κ2) is 9.60. The normalized spacial score (nSPS) is 12.7. The molecule has 0 saturated carbocycles. The van der Waals surface area contributed by atoms with E-state index in [2.05, 4.69) is 15.3 Å². The summed E-state index contributed by atoms with van der Waals surface area (Å²) in [6.07, 6.45) is -4.55. The van der Waals surface area contributed by atoms with Crippen LogP contribution in [0.1, 0.15) is 24.4 Å². The minimum absolute atomic E-state index is 0.0236. The van der Waals surface area contributed by atoms with Gasteiger partial charge in [0.1, 0.15) is 29.9 Å². The topological polar surface area (TPSA) is 47.0 Å². The molecule has 0 aliphatic carbocycles. The highest BCUT2D eigenvalue weighted by atomic mass is 35.5. The van der Waals surface area contributed by atoms with Crippen LogP contribution in [0, 0.1) is 12.7 Å². The second-order valence-corrected chi connectivity index (χ2v) is 7.16. The molecule has 2 aromatic rings. The first-order chi connectivity index (χ1) is 13.1. The summed E-state index contributed by atoms with van der Waals surface area (Å²) < 4.78 is 69.9. The summed E-state index contributed by atoms with van der Waals surface area (Å²) in [5.74, 6) is -1.72. The number of aryl methyl sites for hydroxylation is 1. The van der Waals surface area contributed by atoms with Crippen molar-refractivity contribution >= 4 is 29.2 Å². The molecule has 28 heavy (non-hydrogen) atoms. The summed E-state index contributed by atoms with van der Waals surface area (Å²) in [6.45, 7) is 2.93. The number of thioether (sulfide) groups is 1. The molecule has 1 N–H and O–H groups in total. The molecule has 1 aromatic heterocycles. The summed E-state index contributed by atoms with van der Waals surface area (Å²) in [5.41, 5.74) is 0.425. The van der Waals surface area contributed by atoms with Crippen molar-refractivity contribution in [1.82, 2.24) is 9.97 Å². The van der Waals surface area contributed by atoms with E-state index in [1.165, 1.54) is 19.9 Å². The van der Waals surface area contributed by atoms with Crippen LogP contribution < -0.4 is 10.1 Å². The maximum atomic E-state index is 14.0. The van der Waals surface area contributed by atoms with Gasteiger partial charge in [-0.3, -0.25) is 0 Å². The van der Waals surface area contributed by atoms with E-state index in [0.717, 1.165) is 12.4 Å². The molecule has 0 fully saturated rings. The van der Waals surface area contributed by atoms with Crippen LogP contribution in [-0.2, 0) is 0 Å². The zero-order chi connectivity index (χ0) is 20.9. The Morgan fingerprint density at radius 3 is 2.64 bits per heavy atom. The number of benzene rings is 1. The van der Waals surface area contributed by atoms with E-state index >= 15 is 0 Å². The lowest BCUT2D eigenvalue weighted by Gasteiger charge is -2.14. The van der Waals surface area contributed by atoms with E-state index in [1.54, 1.807) is 0 Å². The van der Waals surface area contributed by atoms with Crippen molar-refractivity contribution < 1.29 is 26.7 Å². The number of hydrogen-bond donors (Lipinski definition) is 1. The Bertz CT molecular complexity index is 820. The average molecular weight is 442 g/mol. The van der Waals surface area contributed by atoms with Crippen molar-refractivity contribution in [3.05, 3.63) is 40.6 Å². The van der Waals surface area contributed by atoms with Crippen LogP contribution in [0.2, 0.25) is 5.02 Å². The average Bonchev–Trinajstić information content (AvgIpc) is 2.59. The Balaban J connectivity index is 1.97. The minimum atomic E-state index is -4.33. The first-order valence-electron chi connectivity index (χ1n) is 8.09. The van der Waals surface area contributed by atoms with Gasteiger partial charge in [-0.2, -0.15) is 13.2 Å². The zero-order valence-corrected chi connectivity index (χ0v) is 16.5. The van der Waals surface area contributed by atoms with Crippen LogP contribution >= 0.6 is 23.4 Å². The molecule has 154 valence electrons. The summed E-state index contributed by atoms with van der Waals surface area (Å²) in [4.78, 5) is 7.93. The number of rotatable bonds is 8. The molecule has 0 spiro atoms. The Morgan fingerprint density at radius 1 is 1.29 bits per heavy atom. The summed E-state index contributed by atoms with van der Waals surface area (Å²) in [5, 5.41) is 2.85. The highest BCUT2D eigenvalue weighted by Crippen LogP contribution is 2.33. The molecular weight excluding hydrogens is 425 g/mol. The Labute approximate surface area is 167 Å². The van der Waals surface area contributed by atoms with Crippen LogP contribution in [0.25, 0.3) is 0 Å². The van der Waals surface area contributed by atoms with E-state index in [-0.39, 0.29) is 40.3 Å². The van der Waals surface area contributed by atoms with Crippen molar-refractivity contribution in [2.45, 2.75) is 31.1 Å².